The minimum atomic E-state index is -1.60. The summed E-state index contributed by atoms with van der Waals surface area (Å²) in [6, 6.07) is 17.0. The van der Waals surface area contributed by atoms with Crippen molar-refractivity contribution in [1.82, 2.24) is 5.32 Å². The molecular formula is C41H47FN2O9S. The molecule has 0 radical (unpaired) electrons. The van der Waals surface area contributed by atoms with Crippen LogP contribution < -0.4 is 9.62 Å². The van der Waals surface area contributed by atoms with Gasteiger partial charge in [0.05, 0.1) is 57.3 Å². The van der Waals surface area contributed by atoms with Crippen molar-refractivity contribution in [2.45, 2.75) is 50.9 Å². The Morgan fingerprint density at radius 1 is 0.907 bits per heavy atom. The van der Waals surface area contributed by atoms with E-state index in [-0.39, 0.29) is 11.7 Å². The van der Waals surface area contributed by atoms with E-state index in [1.807, 2.05) is 18.4 Å². The molecule has 1 aliphatic rings. The summed E-state index contributed by atoms with van der Waals surface area (Å²) >= 11 is 1.60. The number of benzene rings is 3. The number of aryl methyl sites for hydroxylation is 1. The number of hydrogen-bond acceptors (Lipinski definition) is 10. The van der Waals surface area contributed by atoms with Gasteiger partial charge in [-0.05, 0) is 85.5 Å². The van der Waals surface area contributed by atoms with E-state index < -0.39 is 24.0 Å². The molecule has 54 heavy (non-hydrogen) atoms. The highest BCUT2D eigenvalue weighted by molar-refractivity contribution is 7.99. The zero-order chi connectivity index (χ0) is 38.5. The molecule has 0 spiro atoms. The van der Waals surface area contributed by atoms with Crippen molar-refractivity contribution < 1.29 is 47.3 Å². The van der Waals surface area contributed by atoms with Crippen LogP contribution >= 0.6 is 11.9 Å². The number of furan rings is 1. The van der Waals surface area contributed by atoms with Crippen LogP contribution in [-0.2, 0) is 30.2 Å². The molecule has 13 heteroatoms. The van der Waals surface area contributed by atoms with Gasteiger partial charge in [0, 0.05) is 42.5 Å². The van der Waals surface area contributed by atoms with Crippen LogP contribution in [0.3, 0.4) is 0 Å². The molecular weight excluding hydrogens is 716 g/mol. The highest BCUT2D eigenvalue weighted by Gasteiger charge is 2.31. The van der Waals surface area contributed by atoms with Crippen LogP contribution in [0.15, 0.2) is 65.1 Å². The smallest absolute Gasteiger partial charge is 0.372 e. The van der Waals surface area contributed by atoms with E-state index in [4.69, 9.17) is 23.7 Å². The number of carboxylic acids is 1. The van der Waals surface area contributed by atoms with Crippen molar-refractivity contribution in [3.8, 4) is 11.3 Å². The molecule has 5 rings (SSSR count). The largest absolute Gasteiger partial charge is 0.475 e. The predicted octanol–water partition coefficient (Wildman–Crippen LogP) is 7.25. The number of hydrogen-bond donors (Lipinski definition) is 2. The van der Waals surface area contributed by atoms with Crippen molar-refractivity contribution in [2.24, 2.45) is 0 Å². The van der Waals surface area contributed by atoms with E-state index in [2.05, 4.69) is 15.7 Å². The van der Waals surface area contributed by atoms with Gasteiger partial charge in [-0.25, -0.2) is 9.18 Å². The van der Waals surface area contributed by atoms with Crippen molar-refractivity contribution in [2.75, 3.05) is 63.8 Å². The highest BCUT2D eigenvalue weighted by Crippen LogP contribution is 2.48. The van der Waals surface area contributed by atoms with Gasteiger partial charge in [0.1, 0.15) is 17.2 Å². The van der Waals surface area contributed by atoms with Crippen LogP contribution in [-0.4, -0.2) is 88.0 Å². The number of nitrogens with one attached hydrogen (secondary N) is 1. The number of nitrogens with zero attached hydrogens (tertiary/aromatic N) is 1. The number of ether oxygens (including phenoxy) is 3. The summed E-state index contributed by atoms with van der Waals surface area (Å²) < 4.78 is 39.4. The Hall–Kier alpha value is -4.56. The Morgan fingerprint density at radius 2 is 1.61 bits per heavy atom. The van der Waals surface area contributed by atoms with Crippen LogP contribution in [0.5, 0.6) is 0 Å². The number of unbranched alkanes of at least 4 members (excludes halogenated alkanes) is 2. The third-order valence-electron chi connectivity index (χ3n) is 9.15. The molecule has 0 unspecified atom stereocenters. The number of halogens is 1. The molecule has 1 aliphatic carbocycles. The number of Topliss-reactive ketones (excluding diaryl/α,β-unsaturated/α-hetero) is 2. The summed E-state index contributed by atoms with van der Waals surface area (Å²) in [4.78, 5) is 47.3. The molecule has 2 N–H and O–H groups in total. The number of anilines is 1. The topological polar surface area (TPSA) is 145 Å². The summed E-state index contributed by atoms with van der Waals surface area (Å²) in [7, 11) is 1.59. The lowest BCUT2D eigenvalue weighted by molar-refractivity contribution is -0.148. The lowest BCUT2D eigenvalue weighted by atomic mass is 10.0. The van der Waals surface area contributed by atoms with E-state index in [0.717, 1.165) is 55.2 Å². The second-order valence-electron chi connectivity index (χ2n) is 13.0. The molecule has 1 saturated carbocycles. The van der Waals surface area contributed by atoms with Crippen molar-refractivity contribution in [1.29, 1.82) is 0 Å². The summed E-state index contributed by atoms with van der Waals surface area (Å²) in [6.07, 6.45) is 7.07. The van der Waals surface area contributed by atoms with Crippen molar-refractivity contribution in [3.63, 3.8) is 0 Å². The summed E-state index contributed by atoms with van der Waals surface area (Å²) in [5.74, 6) is -2.99. The standard InChI is InChI=1S/C41H47FN2O9S/c1-43-40(47)38-33-24-32(28-10-11-28)34(25-37(33)53-39(38)29-12-14-31(42)15-13-29)44(54-2)16-18-51-20-22-52-21-19-50-17-5-3-4-7-27-8-6-9-30(23-27)35(45)26-36(46)41(48)49/h6,8-9,12-15,23-25,28H,3-5,7,10-11,16-22,26H2,1-2H3,(H,43,47)(H,48,49). The molecule has 4 aromatic rings. The van der Waals surface area contributed by atoms with Crippen molar-refractivity contribution in [3.05, 3.63) is 88.7 Å². The fraction of sp³-hybridized carbons (Fsp3) is 0.415. The maximum Gasteiger partial charge on any atom is 0.372 e. The van der Waals surface area contributed by atoms with Crippen LogP contribution in [0.25, 0.3) is 22.3 Å². The second-order valence-corrected chi connectivity index (χ2v) is 13.8. The third-order valence-corrected chi connectivity index (χ3v) is 9.97. The normalized spacial score (nSPS) is 12.6. The average Bonchev–Trinajstić information content (AvgIpc) is 3.96. The first-order valence-electron chi connectivity index (χ1n) is 18.2. The van der Waals surface area contributed by atoms with Gasteiger partial charge in [0.25, 0.3) is 5.91 Å². The highest BCUT2D eigenvalue weighted by atomic mass is 32.2. The van der Waals surface area contributed by atoms with Gasteiger partial charge in [-0.2, -0.15) is 0 Å². The Labute approximate surface area is 318 Å². The Morgan fingerprint density at radius 3 is 2.28 bits per heavy atom. The number of aliphatic carboxylic acids is 1. The third kappa shape index (κ3) is 11.2. The Bertz CT molecular complexity index is 1910. The molecule has 288 valence electrons. The monoisotopic (exact) mass is 762 g/mol. The van der Waals surface area contributed by atoms with Gasteiger partial charge in [0.2, 0.25) is 5.78 Å². The molecule has 0 atom stereocenters. The number of carbonyl (C=O) groups excluding carboxylic acids is 3. The van der Waals surface area contributed by atoms with Crippen LogP contribution in [0.2, 0.25) is 0 Å². The second kappa shape index (κ2) is 20.2. The summed E-state index contributed by atoms with van der Waals surface area (Å²) in [6.45, 7) is 3.62. The molecule has 1 amide bonds. The van der Waals surface area contributed by atoms with E-state index >= 15 is 0 Å². The van der Waals surface area contributed by atoms with Crippen LogP contribution in [0.1, 0.15) is 76.3 Å². The first-order chi connectivity index (χ1) is 26.2. The minimum absolute atomic E-state index is 0.256. The van der Waals surface area contributed by atoms with Gasteiger partial charge < -0.3 is 33.4 Å². The SMILES string of the molecule is CNC(=O)c1c(-c2ccc(F)cc2)oc2cc(N(CCOCCOCCOCCCCCc3cccc(C(=O)CC(=O)C(=O)O)c3)SC)c(C3CC3)cc12. The number of carboxylic acid groups (broad SMARTS) is 1. The van der Waals surface area contributed by atoms with E-state index in [0.29, 0.717) is 80.1 Å². The summed E-state index contributed by atoms with van der Waals surface area (Å²) in [5, 5.41) is 12.2. The van der Waals surface area contributed by atoms with E-state index in [1.54, 1.807) is 49.3 Å². The average molecular weight is 763 g/mol. The molecule has 0 bridgehead atoms. The minimum Gasteiger partial charge on any atom is -0.475 e. The molecule has 1 heterocycles. The number of rotatable bonds is 24. The number of fused-ring (bicyclic) bond motifs is 1. The maximum absolute atomic E-state index is 13.7. The van der Waals surface area contributed by atoms with E-state index in [9.17, 15) is 23.6 Å². The number of amides is 1. The predicted molar refractivity (Wildman–Crippen MR) is 206 cm³/mol. The van der Waals surface area contributed by atoms with E-state index in [1.165, 1.54) is 17.7 Å². The van der Waals surface area contributed by atoms with Crippen LogP contribution in [0.4, 0.5) is 10.1 Å². The molecule has 11 nitrogen and oxygen atoms in total. The fourth-order valence-electron chi connectivity index (χ4n) is 6.17. The van der Waals surface area contributed by atoms with Gasteiger partial charge >= 0.3 is 5.97 Å². The maximum atomic E-state index is 13.7. The first kappa shape index (κ1) is 40.6. The molecule has 0 saturated heterocycles. The quantitative estimate of drug-likeness (QED) is 0.0245. The molecule has 1 aromatic heterocycles. The Balaban J connectivity index is 0.991. The first-order valence-corrected chi connectivity index (χ1v) is 19.4. The van der Waals surface area contributed by atoms with Gasteiger partial charge in [-0.1, -0.05) is 36.6 Å². The Kier molecular flexibility index (Phi) is 15.2. The fourth-order valence-corrected chi connectivity index (χ4v) is 6.79. The molecule has 0 aliphatic heterocycles. The number of ketones is 2. The lowest BCUT2D eigenvalue weighted by Crippen LogP contribution is -2.22. The van der Waals surface area contributed by atoms with Gasteiger partial charge in [-0.15, -0.1) is 0 Å². The zero-order valence-corrected chi connectivity index (χ0v) is 31.5. The summed E-state index contributed by atoms with van der Waals surface area (Å²) in [5.41, 5.74) is 5.19. The lowest BCUT2D eigenvalue weighted by Gasteiger charge is -2.24. The number of carbonyl (C=O) groups is 4. The van der Waals surface area contributed by atoms with Crippen LogP contribution in [0, 0.1) is 5.82 Å². The molecule has 3 aromatic carbocycles. The molecule has 1 fully saturated rings. The zero-order valence-electron chi connectivity index (χ0n) is 30.7. The van der Waals surface area contributed by atoms with Gasteiger partial charge in [0.15, 0.2) is 5.78 Å². The van der Waals surface area contributed by atoms with Gasteiger partial charge in [-0.3, -0.25) is 14.4 Å². The van der Waals surface area contributed by atoms with Crippen molar-refractivity contribution >= 4 is 52.0 Å².